The van der Waals surface area contributed by atoms with Crippen LogP contribution in [0.25, 0.3) is 22.3 Å². The van der Waals surface area contributed by atoms with Crippen LogP contribution in [0.15, 0.2) is 25.3 Å². The highest BCUT2D eigenvalue weighted by Gasteiger charge is 2.50. The summed E-state index contributed by atoms with van der Waals surface area (Å²) in [5.74, 6) is 0.246. The smallest absolute Gasteiger partial charge is 0.319 e. The molecule has 7 rings (SSSR count). The van der Waals surface area contributed by atoms with Crippen LogP contribution in [0.3, 0.4) is 0 Å². The molecule has 0 radical (unpaired) electrons. The van der Waals surface area contributed by atoms with Crippen molar-refractivity contribution < 1.29 is 46.9 Å². The molecule has 6 N–H and O–H groups in total. The standard InChI is InChI=1S/C20H24N10O10P2/c21-15-9-17(25-3-23-15)29(5-27-9)19-12(32)13-8(38-19)2-36-42(34)40-14-11(31)7(1-35-41(33)39-13)37-20(14)30-6-28-10-16(22)24-4-26-18(10)30/h3-8,11-14,19-20,31-32,41-42H,1-2H2,(H2,21,23,25)(H2,22,24,26)/t7-,8-,11-,12-,13-,14-,19-,20-/m1/s1. The second-order valence-electron chi connectivity index (χ2n) is 9.56. The molecule has 0 amide bonds. The van der Waals surface area contributed by atoms with Gasteiger partial charge in [0.25, 0.3) is 0 Å². The van der Waals surface area contributed by atoms with E-state index in [1.54, 1.807) is 0 Å². The molecule has 0 aromatic carbocycles. The molecule has 0 aliphatic carbocycles. The first kappa shape index (κ1) is 27.7. The lowest BCUT2D eigenvalue weighted by atomic mass is 10.1. The van der Waals surface area contributed by atoms with Crippen molar-refractivity contribution in [2.75, 3.05) is 24.7 Å². The Kier molecular flexibility index (Phi) is 7.14. The van der Waals surface area contributed by atoms with Gasteiger partial charge >= 0.3 is 16.5 Å². The Balaban J connectivity index is 1.15. The van der Waals surface area contributed by atoms with Crippen molar-refractivity contribution in [3.63, 3.8) is 0 Å². The third-order valence-electron chi connectivity index (χ3n) is 7.14. The van der Waals surface area contributed by atoms with Crippen LogP contribution in [-0.4, -0.2) is 99.1 Å². The van der Waals surface area contributed by atoms with Crippen LogP contribution in [0.2, 0.25) is 0 Å². The molecule has 4 aromatic rings. The summed E-state index contributed by atoms with van der Waals surface area (Å²) in [4.78, 5) is 24.5. The number of nitrogen functional groups attached to an aromatic ring is 2. The monoisotopic (exact) mass is 626 g/mol. The maximum atomic E-state index is 13.0. The summed E-state index contributed by atoms with van der Waals surface area (Å²) in [6.45, 7) is -0.814. The van der Waals surface area contributed by atoms with Gasteiger partial charge in [0.1, 0.15) is 60.3 Å². The largest absolute Gasteiger partial charge is 0.387 e. The molecule has 42 heavy (non-hydrogen) atoms. The molecule has 224 valence electrons. The molecule has 3 saturated heterocycles. The van der Waals surface area contributed by atoms with E-state index in [0.717, 1.165) is 0 Å². The number of hydrogen-bond acceptors (Lipinski definition) is 18. The number of anilines is 2. The van der Waals surface area contributed by atoms with Crippen molar-refractivity contribution in [3.05, 3.63) is 25.3 Å². The molecule has 4 aromatic heterocycles. The Bertz CT molecular complexity index is 1690. The molecule has 2 bridgehead atoms. The maximum absolute atomic E-state index is 13.0. The van der Waals surface area contributed by atoms with Gasteiger partial charge in [-0.25, -0.2) is 29.9 Å². The van der Waals surface area contributed by atoms with Gasteiger partial charge < -0.3 is 44.7 Å². The highest BCUT2D eigenvalue weighted by atomic mass is 31.1. The summed E-state index contributed by atoms with van der Waals surface area (Å²) >= 11 is 0. The van der Waals surface area contributed by atoms with Crippen molar-refractivity contribution in [2.45, 2.75) is 49.1 Å². The first-order valence-electron chi connectivity index (χ1n) is 12.5. The van der Waals surface area contributed by atoms with E-state index >= 15 is 0 Å². The van der Waals surface area contributed by atoms with Gasteiger partial charge in [0.15, 0.2) is 35.4 Å². The molecule has 3 aliphatic heterocycles. The minimum absolute atomic E-state index is 0.121. The van der Waals surface area contributed by atoms with Crippen molar-refractivity contribution in [1.29, 1.82) is 0 Å². The van der Waals surface area contributed by atoms with Crippen LogP contribution >= 0.6 is 16.5 Å². The highest BCUT2D eigenvalue weighted by Crippen LogP contribution is 2.44. The fourth-order valence-corrected chi connectivity index (χ4v) is 6.87. The van der Waals surface area contributed by atoms with Crippen LogP contribution in [-0.2, 0) is 36.7 Å². The molecule has 20 nitrogen and oxygen atoms in total. The molecule has 2 unspecified atom stereocenters. The number of nitrogens with two attached hydrogens (primary N) is 2. The number of aliphatic hydroxyl groups is 2. The topological polar surface area (TPSA) is 269 Å². The summed E-state index contributed by atoms with van der Waals surface area (Å²) < 4.78 is 62.8. The van der Waals surface area contributed by atoms with E-state index in [1.165, 1.54) is 34.4 Å². The minimum atomic E-state index is -3.32. The zero-order valence-electron chi connectivity index (χ0n) is 21.2. The molecule has 3 fully saturated rings. The molecule has 0 spiro atoms. The second-order valence-corrected chi connectivity index (χ2v) is 11.6. The third-order valence-corrected chi connectivity index (χ3v) is 8.87. The first-order chi connectivity index (χ1) is 20.3. The molecular formula is C20H24N10O10P2. The number of aromatic nitrogens is 8. The molecule has 7 heterocycles. The van der Waals surface area contributed by atoms with Crippen LogP contribution in [0, 0.1) is 0 Å². The van der Waals surface area contributed by atoms with Crippen molar-refractivity contribution in [3.8, 4) is 0 Å². The van der Waals surface area contributed by atoms with E-state index in [9.17, 15) is 19.3 Å². The highest BCUT2D eigenvalue weighted by molar-refractivity contribution is 7.33. The Morgan fingerprint density at radius 3 is 1.86 bits per heavy atom. The average molecular weight is 626 g/mol. The summed E-state index contributed by atoms with van der Waals surface area (Å²) in [5.41, 5.74) is 12.9. The number of rotatable bonds is 2. The number of nitrogens with zero attached hydrogens (tertiary/aromatic N) is 8. The second kappa shape index (κ2) is 10.8. The lowest BCUT2D eigenvalue weighted by Gasteiger charge is -2.23. The van der Waals surface area contributed by atoms with Gasteiger partial charge in [-0.15, -0.1) is 0 Å². The van der Waals surface area contributed by atoms with Gasteiger partial charge in [-0.1, -0.05) is 0 Å². The Morgan fingerprint density at radius 2 is 1.24 bits per heavy atom. The number of fused-ring (bicyclic) bond motifs is 5. The van der Waals surface area contributed by atoms with Crippen molar-refractivity contribution in [1.82, 2.24) is 39.0 Å². The number of hydrogen-bond donors (Lipinski definition) is 4. The molecular weight excluding hydrogens is 602 g/mol. The van der Waals surface area contributed by atoms with Crippen LogP contribution < -0.4 is 11.5 Å². The molecule has 3 aliphatic rings. The quantitative estimate of drug-likeness (QED) is 0.193. The average Bonchev–Trinajstić information content (AvgIpc) is 3.73. The lowest BCUT2D eigenvalue weighted by Crippen LogP contribution is -2.35. The van der Waals surface area contributed by atoms with E-state index < -0.39 is 78.8 Å². The lowest BCUT2D eigenvalue weighted by molar-refractivity contribution is -0.0566. The van der Waals surface area contributed by atoms with E-state index in [2.05, 4.69) is 29.9 Å². The Morgan fingerprint density at radius 1 is 0.714 bits per heavy atom. The van der Waals surface area contributed by atoms with E-state index in [1.807, 2.05) is 0 Å². The van der Waals surface area contributed by atoms with Crippen LogP contribution in [0.1, 0.15) is 12.5 Å². The van der Waals surface area contributed by atoms with Crippen molar-refractivity contribution >= 4 is 50.5 Å². The summed E-state index contributed by atoms with van der Waals surface area (Å²) in [6, 6.07) is 0. The zero-order chi connectivity index (χ0) is 29.1. The van der Waals surface area contributed by atoms with Crippen molar-refractivity contribution in [2.24, 2.45) is 0 Å². The van der Waals surface area contributed by atoms with E-state index in [-0.39, 0.29) is 34.0 Å². The zero-order valence-corrected chi connectivity index (χ0v) is 23.2. The minimum Gasteiger partial charge on any atom is -0.387 e. The molecule has 22 heteroatoms. The van der Waals surface area contributed by atoms with Crippen LogP contribution in [0.5, 0.6) is 0 Å². The van der Waals surface area contributed by atoms with E-state index in [0.29, 0.717) is 0 Å². The maximum Gasteiger partial charge on any atom is 0.319 e. The van der Waals surface area contributed by atoms with E-state index in [4.69, 9.17) is 39.0 Å². The van der Waals surface area contributed by atoms with Crippen LogP contribution in [0.4, 0.5) is 11.6 Å². The third kappa shape index (κ3) is 4.65. The number of imidazole rings is 2. The number of ether oxygens (including phenoxy) is 2. The van der Waals surface area contributed by atoms with Gasteiger partial charge in [-0.2, -0.15) is 0 Å². The summed E-state index contributed by atoms with van der Waals surface area (Å²) in [7, 11) is -6.62. The molecule has 10 atom stereocenters. The Labute approximate surface area is 235 Å². The predicted molar refractivity (Wildman–Crippen MR) is 139 cm³/mol. The normalized spacial score (nSPS) is 36.0. The molecule has 0 saturated carbocycles. The first-order valence-corrected chi connectivity index (χ1v) is 14.9. The number of aliphatic hydroxyl groups excluding tert-OH is 2. The van der Waals surface area contributed by atoms with Gasteiger partial charge in [0.2, 0.25) is 0 Å². The van der Waals surface area contributed by atoms with Gasteiger partial charge in [-0.3, -0.25) is 22.8 Å². The Hall–Kier alpha value is -3.16. The summed E-state index contributed by atoms with van der Waals surface area (Å²) in [5, 5.41) is 22.1. The SMILES string of the molecule is Nc1ncnc2c1ncn2[C@@H]1O[C@@H]2CO[PH](=O)O[C@@H]3[C@H](O)[C@@H](CO[PH](=O)O[C@H]2[C@H]1O)O[C@H]3n1cnc2c(N)ncnc21. The predicted octanol–water partition coefficient (Wildman–Crippen LogP) is -1.06. The summed E-state index contributed by atoms with van der Waals surface area (Å²) in [6.07, 6.45) is -4.52. The van der Waals surface area contributed by atoms with Gasteiger partial charge in [0.05, 0.1) is 25.9 Å². The fourth-order valence-electron chi connectivity index (χ4n) is 5.14. The van der Waals surface area contributed by atoms with Gasteiger partial charge in [-0.05, 0) is 0 Å². The fraction of sp³-hybridized carbons (Fsp3) is 0.500. The van der Waals surface area contributed by atoms with Gasteiger partial charge in [0, 0.05) is 0 Å².